The van der Waals surface area contributed by atoms with Crippen LogP contribution in [0.25, 0.3) is 0 Å². The van der Waals surface area contributed by atoms with E-state index in [0.29, 0.717) is 12.1 Å². The van der Waals surface area contributed by atoms with Crippen molar-refractivity contribution >= 4 is 27.6 Å². The molecule has 94 valence electrons. The molecule has 0 spiro atoms. The second-order valence-electron chi connectivity index (χ2n) is 3.85. The van der Waals surface area contributed by atoms with Crippen LogP contribution in [0.1, 0.15) is 21.7 Å². The number of hydrogen-bond donors (Lipinski definition) is 2. The summed E-state index contributed by atoms with van der Waals surface area (Å²) in [5.74, 6) is -1.07. The third kappa shape index (κ3) is 2.56. The summed E-state index contributed by atoms with van der Waals surface area (Å²) < 4.78 is 5.93. The SMILES string of the molecule is Cc1c(Br)cccc1NCc1ccoc1C(=O)O. The largest absolute Gasteiger partial charge is 0.475 e. The van der Waals surface area contributed by atoms with Gasteiger partial charge in [0.2, 0.25) is 5.76 Å². The number of benzene rings is 1. The normalized spacial score (nSPS) is 10.3. The number of nitrogens with one attached hydrogen (secondary N) is 1. The number of hydrogen-bond acceptors (Lipinski definition) is 3. The Balaban J connectivity index is 2.14. The van der Waals surface area contributed by atoms with E-state index in [0.717, 1.165) is 15.7 Å². The van der Waals surface area contributed by atoms with E-state index in [1.165, 1.54) is 6.26 Å². The molecule has 2 aromatic rings. The molecule has 4 nitrogen and oxygen atoms in total. The first-order valence-electron chi connectivity index (χ1n) is 5.38. The minimum atomic E-state index is -1.05. The van der Waals surface area contributed by atoms with Crippen molar-refractivity contribution < 1.29 is 14.3 Å². The molecular formula is C13H12BrNO3. The number of furan rings is 1. The summed E-state index contributed by atoms with van der Waals surface area (Å²) in [5.41, 5.74) is 2.67. The average molecular weight is 310 g/mol. The molecule has 0 saturated heterocycles. The summed E-state index contributed by atoms with van der Waals surface area (Å²) in [6, 6.07) is 7.48. The van der Waals surface area contributed by atoms with Crippen molar-refractivity contribution in [2.24, 2.45) is 0 Å². The predicted octanol–water partition coefficient (Wildman–Crippen LogP) is 3.66. The smallest absolute Gasteiger partial charge is 0.372 e. The van der Waals surface area contributed by atoms with Crippen LogP contribution in [-0.4, -0.2) is 11.1 Å². The summed E-state index contributed by atoms with van der Waals surface area (Å²) >= 11 is 3.45. The van der Waals surface area contributed by atoms with Crippen LogP contribution < -0.4 is 5.32 Å². The van der Waals surface area contributed by atoms with Crippen LogP contribution in [0.4, 0.5) is 5.69 Å². The first-order chi connectivity index (χ1) is 8.59. The van der Waals surface area contributed by atoms with Gasteiger partial charge in [0.15, 0.2) is 0 Å². The maximum absolute atomic E-state index is 10.9. The standard InChI is InChI=1S/C13H12BrNO3/c1-8-10(14)3-2-4-11(8)15-7-9-5-6-18-12(9)13(16)17/h2-6,15H,7H2,1H3,(H,16,17). The van der Waals surface area contributed by atoms with Gasteiger partial charge in [0, 0.05) is 22.3 Å². The topological polar surface area (TPSA) is 62.5 Å². The number of aromatic carboxylic acids is 1. The Hall–Kier alpha value is -1.75. The molecule has 0 radical (unpaired) electrons. The van der Waals surface area contributed by atoms with Crippen molar-refractivity contribution in [2.45, 2.75) is 13.5 Å². The molecule has 2 N–H and O–H groups in total. The number of anilines is 1. The first-order valence-corrected chi connectivity index (χ1v) is 6.17. The maximum Gasteiger partial charge on any atom is 0.372 e. The third-order valence-corrected chi connectivity index (χ3v) is 3.54. The van der Waals surface area contributed by atoms with Crippen LogP contribution in [0, 0.1) is 6.92 Å². The molecule has 18 heavy (non-hydrogen) atoms. The van der Waals surface area contributed by atoms with Crippen LogP contribution in [-0.2, 0) is 6.54 Å². The van der Waals surface area contributed by atoms with Gasteiger partial charge in [-0.05, 0) is 30.7 Å². The fourth-order valence-corrected chi connectivity index (χ4v) is 2.02. The molecule has 0 aliphatic heterocycles. The van der Waals surface area contributed by atoms with Crippen LogP contribution in [0.5, 0.6) is 0 Å². The molecule has 1 aromatic heterocycles. The fourth-order valence-electron chi connectivity index (χ4n) is 1.65. The lowest BCUT2D eigenvalue weighted by Crippen LogP contribution is -2.05. The first kappa shape index (κ1) is 12.7. The predicted molar refractivity (Wildman–Crippen MR) is 71.9 cm³/mol. The Bertz CT molecular complexity index is 577. The highest BCUT2D eigenvalue weighted by molar-refractivity contribution is 9.10. The van der Waals surface area contributed by atoms with Gasteiger partial charge in [0.1, 0.15) is 0 Å². The molecule has 0 atom stereocenters. The summed E-state index contributed by atoms with van der Waals surface area (Å²) in [4.78, 5) is 10.9. The molecule has 1 heterocycles. The zero-order valence-corrected chi connectivity index (χ0v) is 11.3. The Labute approximate surface area is 113 Å². The molecule has 0 aliphatic carbocycles. The van der Waals surface area contributed by atoms with Gasteiger partial charge >= 0.3 is 5.97 Å². The van der Waals surface area contributed by atoms with Crippen molar-refractivity contribution in [2.75, 3.05) is 5.32 Å². The highest BCUT2D eigenvalue weighted by atomic mass is 79.9. The van der Waals surface area contributed by atoms with E-state index in [2.05, 4.69) is 21.2 Å². The minimum Gasteiger partial charge on any atom is -0.475 e. The summed E-state index contributed by atoms with van der Waals surface area (Å²) in [6.45, 7) is 2.40. The lowest BCUT2D eigenvalue weighted by atomic mass is 10.2. The van der Waals surface area contributed by atoms with Gasteiger partial charge in [-0.15, -0.1) is 0 Å². The van der Waals surface area contributed by atoms with Crippen LogP contribution in [0.3, 0.4) is 0 Å². The maximum atomic E-state index is 10.9. The second-order valence-corrected chi connectivity index (χ2v) is 4.70. The molecular weight excluding hydrogens is 298 g/mol. The van der Waals surface area contributed by atoms with Gasteiger partial charge in [0.05, 0.1) is 6.26 Å². The van der Waals surface area contributed by atoms with Gasteiger partial charge < -0.3 is 14.8 Å². The van der Waals surface area contributed by atoms with Gasteiger partial charge in [-0.2, -0.15) is 0 Å². The van der Waals surface area contributed by atoms with Gasteiger partial charge in [-0.3, -0.25) is 0 Å². The monoisotopic (exact) mass is 309 g/mol. The second kappa shape index (κ2) is 5.27. The Kier molecular flexibility index (Phi) is 3.72. The van der Waals surface area contributed by atoms with Gasteiger partial charge in [0.25, 0.3) is 0 Å². The molecule has 5 heteroatoms. The summed E-state index contributed by atoms with van der Waals surface area (Å²) in [6.07, 6.45) is 1.38. The van der Waals surface area contributed by atoms with E-state index in [1.54, 1.807) is 6.07 Å². The summed E-state index contributed by atoms with van der Waals surface area (Å²) in [7, 11) is 0. The van der Waals surface area contributed by atoms with E-state index >= 15 is 0 Å². The van der Waals surface area contributed by atoms with Gasteiger partial charge in [-0.1, -0.05) is 22.0 Å². The molecule has 1 aromatic carbocycles. The molecule has 2 rings (SSSR count). The molecule has 0 saturated carbocycles. The highest BCUT2D eigenvalue weighted by Crippen LogP contribution is 2.24. The zero-order valence-electron chi connectivity index (χ0n) is 9.74. The Morgan fingerprint density at radius 2 is 2.22 bits per heavy atom. The molecule has 0 unspecified atom stereocenters. The third-order valence-electron chi connectivity index (χ3n) is 2.68. The quantitative estimate of drug-likeness (QED) is 0.904. The van der Waals surface area contributed by atoms with E-state index in [1.807, 2.05) is 25.1 Å². The van der Waals surface area contributed by atoms with Crippen LogP contribution >= 0.6 is 15.9 Å². The van der Waals surface area contributed by atoms with Crippen LogP contribution in [0.15, 0.2) is 39.4 Å². The fraction of sp³-hybridized carbons (Fsp3) is 0.154. The van der Waals surface area contributed by atoms with Crippen LogP contribution in [0.2, 0.25) is 0 Å². The lowest BCUT2D eigenvalue weighted by Gasteiger charge is -2.10. The van der Waals surface area contributed by atoms with Crippen molar-refractivity contribution in [3.63, 3.8) is 0 Å². The van der Waals surface area contributed by atoms with Crippen molar-refractivity contribution in [1.82, 2.24) is 0 Å². The van der Waals surface area contributed by atoms with Crippen molar-refractivity contribution in [3.8, 4) is 0 Å². The number of carbonyl (C=O) groups is 1. The zero-order chi connectivity index (χ0) is 13.1. The Morgan fingerprint density at radius 1 is 1.44 bits per heavy atom. The lowest BCUT2D eigenvalue weighted by molar-refractivity contribution is 0.0661. The molecule has 0 amide bonds. The van der Waals surface area contributed by atoms with E-state index in [-0.39, 0.29) is 5.76 Å². The molecule has 0 aliphatic rings. The Morgan fingerprint density at radius 3 is 2.94 bits per heavy atom. The minimum absolute atomic E-state index is 0.0184. The molecule has 0 bridgehead atoms. The van der Waals surface area contributed by atoms with Crippen molar-refractivity contribution in [3.05, 3.63) is 51.9 Å². The number of carboxylic acids is 1. The van der Waals surface area contributed by atoms with E-state index < -0.39 is 5.97 Å². The number of carboxylic acid groups (broad SMARTS) is 1. The highest BCUT2D eigenvalue weighted by Gasteiger charge is 2.13. The molecule has 0 fully saturated rings. The van der Waals surface area contributed by atoms with Gasteiger partial charge in [-0.25, -0.2) is 4.79 Å². The van der Waals surface area contributed by atoms with E-state index in [9.17, 15) is 4.79 Å². The number of rotatable bonds is 4. The van der Waals surface area contributed by atoms with E-state index in [4.69, 9.17) is 9.52 Å². The average Bonchev–Trinajstić information content (AvgIpc) is 2.79. The summed E-state index contributed by atoms with van der Waals surface area (Å²) in [5, 5.41) is 12.1. The van der Waals surface area contributed by atoms with Crippen molar-refractivity contribution in [1.29, 1.82) is 0 Å². The number of halogens is 1.